The second-order valence-electron chi connectivity index (χ2n) is 5.83. The number of hydrogen-bond donors (Lipinski definition) is 0. The summed E-state index contributed by atoms with van der Waals surface area (Å²) in [6.07, 6.45) is 0. The number of rotatable bonds is 4. The summed E-state index contributed by atoms with van der Waals surface area (Å²) in [5.41, 5.74) is 2.54. The molecule has 0 atom stereocenters. The van der Waals surface area contributed by atoms with Gasteiger partial charge in [-0.2, -0.15) is 0 Å². The molecule has 6 heteroatoms. The maximum atomic E-state index is 12.8. The Labute approximate surface area is 170 Å². The van der Waals surface area contributed by atoms with Gasteiger partial charge in [-0.15, -0.1) is 11.3 Å². The van der Waals surface area contributed by atoms with Gasteiger partial charge >= 0.3 is 5.97 Å². The zero-order valence-electron chi connectivity index (χ0n) is 14.0. The van der Waals surface area contributed by atoms with E-state index in [1.165, 1.54) is 0 Å². The van der Waals surface area contributed by atoms with E-state index in [4.69, 9.17) is 27.9 Å². The highest BCUT2D eigenvalue weighted by Crippen LogP contribution is 2.29. The second-order valence-corrected chi connectivity index (χ2v) is 7.59. The first-order valence-electron chi connectivity index (χ1n) is 8.17. The average Bonchev–Trinajstić information content (AvgIpc) is 3.21. The summed E-state index contributed by atoms with van der Waals surface area (Å²) in [5.74, 6) is -0.442. The fourth-order valence-electron chi connectivity index (χ4n) is 2.78. The van der Waals surface area contributed by atoms with Crippen molar-refractivity contribution >= 4 is 51.4 Å². The standard InChI is InChI=1S/C21H13Cl2NO2S/c22-16-6-3-7-17(23)15(16)12-26-21(25)14-11-19(20-9-4-10-27-20)24-18-8-2-1-5-13(14)18/h1-11H,12H2. The van der Waals surface area contributed by atoms with Gasteiger partial charge in [-0.25, -0.2) is 9.78 Å². The zero-order valence-corrected chi connectivity index (χ0v) is 16.3. The molecule has 0 fully saturated rings. The summed E-state index contributed by atoms with van der Waals surface area (Å²) >= 11 is 13.9. The van der Waals surface area contributed by atoms with E-state index in [9.17, 15) is 4.79 Å². The highest BCUT2D eigenvalue weighted by atomic mass is 35.5. The van der Waals surface area contributed by atoms with E-state index in [1.807, 2.05) is 41.8 Å². The Morgan fingerprint density at radius 2 is 1.78 bits per heavy atom. The summed E-state index contributed by atoms with van der Waals surface area (Å²) in [5, 5.41) is 3.65. The molecule has 0 spiro atoms. The number of aromatic nitrogens is 1. The average molecular weight is 414 g/mol. The molecule has 0 amide bonds. The predicted molar refractivity (Wildman–Crippen MR) is 111 cm³/mol. The van der Waals surface area contributed by atoms with Crippen molar-refractivity contribution in [2.45, 2.75) is 6.61 Å². The monoisotopic (exact) mass is 413 g/mol. The summed E-state index contributed by atoms with van der Waals surface area (Å²) < 4.78 is 5.52. The first-order valence-corrected chi connectivity index (χ1v) is 9.81. The smallest absolute Gasteiger partial charge is 0.339 e. The van der Waals surface area contributed by atoms with Crippen molar-refractivity contribution < 1.29 is 9.53 Å². The van der Waals surface area contributed by atoms with Gasteiger partial charge in [0, 0.05) is 21.0 Å². The lowest BCUT2D eigenvalue weighted by molar-refractivity contribution is 0.0475. The van der Waals surface area contributed by atoms with Gasteiger partial charge in [-0.1, -0.05) is 53.5 Å². The number of benzene rings is 2. The van der Waals surface area contributed by atoms with Crippen LogP contribution in [0.2, 0.25) is 10.0 Å². The molecule has 2 heterocycles. The Balaban J connectivity index is 1.70. The molecule has 0 unspecified atom stereocenters. The molecule has 0 aliphatic heterocycles. The van der Waals surface area contributed by atoms with E-state index in [1.54, 1.807) is 35.6 Å². The van der Waals surface area contributed by atoms with Gasteiger partial charge in [0.1, 0.15) is 6.61 Å². The number of para-hydroxylation sites is 1. The minimum Gasteiger partial charge on any atom is -0.457 e. The molecular formula is C21H13Cl2NO2S. The predicted octanol–water partition coefficient (Wildman–Crippen LogP) is 6.63. The van der Waals surface area contributed by atoms with Gasteiger partial charge < -0.3 is 4.74 Å². The molecule has 0 saturated carbocycles. The van der Waals surface area contributed by atoms with Gasteiger partial charge in [0.2, 0.25) is 0 Å². The lowest BCUT2D eigenvalue weighted by atomic mass is 10.1. The molecule has 27 heavy (non-hydrogen) atoms. The number of carbonyl (C=O) groups excluding carboxylic acids is 1. The number of fused-ring (bicyclic) bond motifs is 1. The molecule has 0 radical (unpaired) electrons. The van der Waals surface area contributed by atoms with Crippen LogP contribution in [0.5, 0.6) is 0 Å². The molecule has 134 valence electrons. The Kier molecular flexibility index (Phi) is 5.12. The largest absolute Gasteiger partial charge is 0.457 e. The van der Waals surface area contributed by atoms with Crippen LogP contribution in [0, 0.1) is 0 Å². The molecule has 4 aromatic rings. The Bertz CT molecular complexity index is 1110. The first kappa shape index (κ1) is 18.0. The van der Waals surface area contributed by atoms with Crippen LogP contribution in [0.4, 0.5) is 0 Å². The minimum atomic E-state index is -0.442. The van der Waals surface area contributed by atoms with E-state index >= 15 is 0 Å². The maximum absolute atomic E-state index is 12.8. The number of nitrogens with zero attached hydrogens (tertiary/aromatic N) is 1. The number of carbonyl (C=O) groups is 1. The number of ether oxygens (including phenoxy) is 1. The highest BCUT2D eigenvalue weighted by Gasteiger charge is 2.17. The molecule has 0 N–H and O–H groups in total. The van der Waals surface area contributed by atoms with Gasteiger partial charge in [0.15, 0.2) is 0 Å². The number of pyridine rings is 1. The van der Waals surface area contributed by atoms with Crippen LogP contribution < -0.4 is 0 Å². The highest BCUT2D eigenvalue weighted by molar-refractivity contribution is 7.13. The van der Waals surface area contributed by atoms with Gasteiger partial charge in [-0.3, -0.25) is 0 Å². The Morgan fingerprint density at radius 3 is 2.52 bits per heavy atom. The second kappa shape index (κ2) is 7.69. The van der Waals surface area contributed by atoms with Crippen molar-refractivity contribution in [3.63, 3.8) is 0 Å². The van der Waals surface area contributed by atoms with E-state index in [-0.39, 0.29) is 6.61 Å². The molecular weight excluding hydrogens is 401 g/mol. The topological polar surface area (TPSA) is 39.2 Å². The fourth-order valence-corrected chi connectivity index (χ4v) is 3.97. The normalized spacial score (nSPS) is 10.9. The number of halogens is 2. The van der Waals surface area contributed by atoms with E-state index in [0.29, 0.717) is 21.2 Å². The number of hydrogen-bond acceptors (Lipinski definition) is 4. The van der Waals surface area contributed by atoms with Crippen molar-refractivity contribution in [3.8, 4) is 10.6 Å². The summed E-state index contributed by atoms with van der Waals surface area (Å²) in [4.78, 5) is 18.5. The summed E-state index contributed by atoms with van der Waals surface area (Å²) in [6.45, 7) is 0.00231. The molecule has 0 aliphatic carbocycles. The zero-order chi connectivity index (χ0) is 18.8. The van der Waals surface area contributed by atoms with E-state index in [0.717, 1.165) is 21.5 Å². The van der Waals surface area contributed by atoms with Crippen LogP contribution in [0.25, 0.3) is 21.5 Å². The van der Waals surface area contributed by atoms with E-state index < -0.39 is 5.97 Å². The van der Waals surface area contributed by atoms with E-state index in [2.05, 4.69) is 4.98 Å². The van der Waals surface area contributed by atoms with Crippen LogP contribution in [-0.4, -0.2) is 11.0 Å². The molecule has 4 rings (SSSR count). The van der Waals surface area contributed by atoms with Gasteiger partial charge in [0.05, 0.1) is 21.7 Å². The molecule has 2 aromatic carbocycles. The third-order valence-electron chi connectivity index (χ3n) is 4.12. The third kappa shape index (κ3) is 3.69. The van der Waals surface area contributed by atoms with Gasteiger partial charge in [0.25, 0.3) is 0 Å². The maximum Gasteiger partial charge on any atom is 0.339 e. The first-order chi connectivity index (χ1) is 13.1. The van der Waals surface area contributed by atoms with Crippen molar-refractivity contribution in [2.75, 3.05) is 0 Å². The Morgan fingerprint density at radius 1 is 1.00 bits per heavy atom. The lowest BCUT2D eigenvalue weighted by Crippen LogP contribution is -2.07. The molecule has 0 saturated heterocycles. The third-order valence-corrected chi connectivity index (χ3v) is 5.72. The fraction of sp³-hybridized carbons (Fsp3) is 0.0476. The summed E-state index contributed by atoms with van der Waals surface area (Å²) in [6, 6.07) is 18.4. The van der Waals surface area contributed by atoms with Gasteiger partial charge in [-0.05, 0) is 35.7 Å². The molecule has 0 bridgehead atoms. The minimum absolute atomic E-state index is 0.00231. The van der Waals surface area contributed by atoms with Crippen LogP contribution in [0.3, 0.4) is 0 Å². The number of esters is 1. The van der Waals surface area contributed by atoms with Crippen molar-refractivity contribution in [1.82, 2.24) is 4.98 Å². The lowest BCUT2D eigenvalue weighted by Gasteiger charge is -2.11. The molecule has 3 nitrogen and oxygen atoms in total. The van der Waals surface area contributed by atoms with Crippen molar-refractivity contribution in [2.24, 2.45) is 0 Å². The summed E-state index contributed by atoms with van der Waals surface area (Å²) in [7, 11) is 0. The Hall–Kier alpha value is -2.40. The van der Waals surface area contributed by atoms with Crippen molar-refractivity contribution in [3.05, 3.63) is 87.2 Å². The number of thiophene rings is 1. The quantitative estimate of drug-likeness (QED) is 0.352. The SMILES string of the molecule is O=C(OCc1c(Cl)cccc1Cl)c1cc(-c2cccs2)nc2ccccc12. The molecule has 2 aromatic heterocycles. The van der Waals surface area contributed by atoms with Crippen molar-refractivity contribution in [1.29, 1.82) is 0 Å². The van der Waals surface area contributed by atoms with Crippen LogP contribution in [0.1, 0.15) is 15.9 Å². The van der Waals surface area contributed by atoms with Crippen LogP contribution in [-0.2, 0) is 11.3 Å². The van der Waals surface area contributed by atoms with Crippen LogP contribution in [0.15, 0.2) is 66.0 Å². The van der Waals surface area contributed by atoms with Crippen LogP contribution >= 0.6 is 34.5 Å². The molecule has 0 aliphatic rings.